The fourth-order valence-corrected chi connectivity index (χ4v) is 1.04. The van der Waals surface area contributed by atoms with E-state index in [1.54, 1.807) is 0 Å². The number of phenols is 2. The quantitative estimate of drug-likeness (QED) is 0.541. The summed E-state index contributed by atoms with van der Waals surface area (Å²) in [5.74, 6) is -1.62. The predicted molar refractivity (Wildman–Crippen MR) is 51.6 cm³/mol. The van der Waals surface area contributed by atoms with E-state index in [0.29, 0.717) is 5.56 Å². The molecular weight excluding hydrogens is 205 g/mol. The maximum Gasteiger partial charge on any atom is 0.320 e. The van der Waals surface area contributed by atoms with E-state index in [-0.39, 0.29) is 22.6 Å². The van der Waals surface area contributed by atoms with Gasteiger partial charge in [0.1, 0.15) is 6.04 Å². The topological polar surface area (TPSA) is 104 Å². The second kappa shape index (κ2) is 5.16. The zero-order valence-electron chi connectivity index (χ0n) is 7.75. The maximum atomic E-state index is 10.4. The molecule has 0 spiro atoms. The van der Waals surface area contributed by atoms with Gasteiger partial charge >= 0.3 is 5.97 Å². The van der Waals surface area contributed by atoms with Crippen molar-refractivity contribution >= 4 is 5.97 Å². The Morgan fingerprint density at radius 3 is 2.40 bits per heavy atom. The largest absolute Gasteiger partial charge is 0.504 e. The zero-order chi connectivity index (χ0) is 10.7. The van der Waals surface area contributed by atoms with Crippen molar-refractivity contribution in [3.05, 3.63) is 23.8 Å². The van der Waals surface area contributed by atoms with E-state index >= 15 is 0 Å². The number of carboxylic acids is 1. The van der Waals surface area contributed by atoms with Gasteiger partial charge in [0, 0.05) is 0 Å². The van der Waals surface area contributed by atoms with Crippen LogP contribution in [0.3, 0.4) is 0 Å². The molecule has 84 valence electrons. The highest BCUT2D eigenvalue weighted by molar-refractivity contribution is 5.73. The normalized spacial score (nSPS) is 11.5. The number of rotatable bonds is 3. The van der Waals surface area contributed by atoms with E-state index in [2.05, 4.69) is 0 Å². The minimum absolute atomic E-state index is 0. The molecule has 0 heterocycles. The van der Waals surface area contributed by atoms with Crippen molar-refractivity contribution in [3.63, 3.8) is 0 Å². The Morgan fingerprint density at radius 1 is 1.33 bits per heavy atom. The number of carbonyl (C=O) groups is 1. The van der Waals surface area contributed by atoms with Crippen LogP contribution in [0.15, 0.2) is 18.2 Å². The molecule has 0 aromatic heterocycles. The van der Waals surface area contributed by atoms with Crippen molar-refractivity contribution in [1.82, 2.24) is 0 Å². The average Bonchev–Trinajstić information content (AvgIpc) is 2.11. The number of nitrogens with two attached hydrogens (primary N) is 1. The third kappa shape index (κ3) is 3.43. The van der Waals surface area contributed by atoms with E-state index in [1.807, 2.05) is 0 Å². The van der Waals surface area contributed by atoms with Crippen molar-refractivity contribution in [2.75, 3.05) is 0 Å². The van der Waals surface area contributed by atoms with Gasteiger partial charge in [-0.3, -0.25) is 9.50 Å². The monoisotopic (exact) mass is 217 g/mol. The number of hydrogen-bond donors (Lipinski definition) is 4. The third-order valence-corrected chi connectivity index (χ3v) is 1.81. The van der Waals surface area contributed by atoms with Crippen molar-refractivity contribution in [3.8, 4) is 11.5 Å². The molecule has 15 heavy (non-hydrogen) atoms. The second-order valence-electron chi connectivity index (χ2n) is 2.97. The fraction of sp³-hybridized carbons (Fsp3) is 0.222. The van der Waals surface area contributed by atoms with Gasteiger partial charge in [-0.05, 0) is 24.1 Å². The van der Waals surface area contributed by atoms with Crippen molar-refractivity contribution in [1.29, 1.82) is 0 Å². The fourth-order valence-electron chi connectivity index (χ4n) is 1.04. The highest BCUT2D eigenvalue weighted by atomic mass is 19.0. The smallest absolute Gasteiger partial charge is 0.320 e. The first kappa shape index (κ1) is 13.2. The lowest BCUT2D eigenvalue weighted by atomic mass is 10.1. The van der Waals surface area contributed by atoms with Gasteiger partial charge in [0.2, 0.25) is 0 Å². The Balaban J connectivity index is 0.00000196. The van der Waals surface area contributed by atoms with E-state index in [4.69, 9.17) is 21.1 Å². The Bertz CT molecular complexity index is 356. The molecule has 0 aliphatic carbocycles. The molecule has 0 unspecified atom stereocenters. The van der Waals surface area contributed by atoms with Crippen molar-refractivity contribution < 1.29 is 24.8 Å². The number of carboxylic acid groups (broad SMARTS) is 1. The number of aliphatic carboxylic acids is 1. The molecule has 1 atom stereocenters. The van der Waals surface area contributed by atoms with Crippen LogP contribution in [0.1, 0.15) is 5.56 Å². The van der Waals surface area contributed by atoms with Crippen LogP contribution in [-0.2, 0) is 11.2 Å². The van der Waals surface area contributed by atoms with Crippen LogP contribution in [0.2, 0.25) is 0 Å². The molecule has 0 saturated carbocycles. The van der Waals surface area contributed by atoms with Crippen molar-refractivity contribution in [2.24, 2.45) is 5.73 Å². The Hall–Kier alpha value is -1.82. The van der Waals surface area contributed by atoms with E-state index in [9.17, 15) is 4.79 Å². The molecule has 1 rings (SSSR count). The van der Waals surface area contributed by atoms with Crippen LogP contribution in [0.4, 0.5) is 4.70 Å². The van der Waals surface area contributed by atoms with Crippen LogP contribution < -0.4 is 5.73 Å². The molecular formula is C9H12FNO4. The lowest BCUT2D eigenvalue weighted by molar-refractivity contribution is -0.138. The van der Waals surface area contributed by atoms with Gasteiger partial charge in [0.25, 0.3) is 0 Å². The van der Waals surface area contributed by atoms with Crippen LogP contribution in [-0.4, -0.2) is 27.3 Å². The van der Waals surface area contributed by atoms with Gasteiger partial charge in [0.05, 0.1) is 0 Å². The Morgan fingerprint density at radius 2 is 1.93 bits per heavy atom. The molecule has 5 N–H and O–H groups in total. The molecule has 0 aliphatic rings. The molecule has 1 aromatic carbocycles. The molecule has 0 bridgehead atoms. The highest BCUT2D eigenvalue weighted by Gasteiger charge is 2.12. The summed E-state index contributed by atoms with van der Waals surface area (Å²) in [7, 11) is 0. The van der Waals surface area contributed by atoms with Gasteiger partial charge in [-0.25, -0.2) is 0 Å². The van der Waals surface area contributed by atoms with E-state index < -0.39 is 12.0 Å². The van der Waals surface area contributed by atoms with E-state index in [0.717, 1.165) is 0 Å². The van der Waals surface area contributed by atoms with E-state index in [1.165, 1.54) is 18.2 Å². The Labute approximate surface area is 85.1 Å². The summed E-state index contributed by atoms with van der Waals surface area (Å²) in [6, 6.07) is 3.09. The molecule has 0 saturated heterocycles. The van der Waals surface area contributed by atoms with Gasteiger partial charge in [0.15, 0.2) is 11.5 Å². The molecule has 0 fully saturated rings. The molecule has 1 aromatic rings. The first-order valence-corrected chi connectivity index (χ1v) is 4.00. The second-order valence-corrected chi connectivity index (χ2v) is 2.97. The summed E-state index contributed by atoms with van der Waals surface area (Å²) >= 11 is 0. The standard InChI is InChI=1S/C9H11NO4.FH/c10-6(9(13)14)3-5-1-2-7(11)8(12)4-5;/h1-2,4,6,11-12H,3,10H2,(H,13,14);1H/t6-;/m0./s1. The molecule has 0 aliphatic heterocycles. The molecule has 5 nitrogen and oxygen atoms in total. The summed E-state index contributed by atoms with van der Waals surface area (Å²) < 4.78 is 0. The summed E-state index contributed by atoms with van der Waals surface area (Å²) in [5, 5.41) is 26.6. The van der Waals surface area contributed by atoms with Crippen LogP contribution in [0, 0.1) is 0 Å². The number of halogens is 1. The average molecular weight is 217 g/mol. The lowest BCUT2D eigenvalue weighted by Crippen LogP contribution is -2.32. The van der Waals surface area contributed by atoms with Crippen LogP contribution in [0.5, 0.6) is 11.5 Å². The summed E-state index contributed by atoms with van der Waals surface area (Å²) in [6.07, 6.45) is 0.114. The summed E-state index contributed by atoms with van der Waals surface area (Å²) in [6.45, 7) is 0. The first-order chi connectivity index (χ1) is 6.50. The molecule has 6 heteroatoms. The summed E-state index contributed by atoms with van der Waals surface area (Å²) in [5.41, 5.74) is 5.86. The predicted octanol–water partition coefficient (Wildman–Crippen LogP) is 0.205. The van der Waals surface area contributed by atoms with Gasteiger partial charge in [-0.2, -0.15) is 0 Å². The first-order valence-electron chi connectivity index (χ1n) is 4.00. The number of phenolic OH excluding ortho intramolecular Hbond substituents is 2. The highest BCUT2D eigenvalue weighted by Crippen LogP contribution is 2.25. The molecule has 0 radical (unpaired) electrons. The van der Waals surface area contributed by atoms with Crippen molar-refractivity contribution in [2.45, 2.75) is 12.5 Å². The zero-order valence-corrected chi connectivity index (χ0v) is 7.75. The number of aromatic hydroxyl groups is 2. The summed E-state index contributed by atoms with van der Waals surface area (Å²) in [4.78, 5) is 10.4. The van der Waals surface area contributed by atoms with Gasteiger partial charge in [-0.1, -0.05) is 6.07 Å². The van der Waals surface area contributed by atoms with Crippen LogP contribution in [0.25, 0.3) is 0 Å². The Kier molecular flexibility index (Phi) is 4.53. The van der Waals surface area contributed by atoms with Gasteiger partial charge in [-0.15, -0.1) is 0 Å². The number of hydrogen-bond acceptors (Lipinski definition) is 4. The lowest BCUT2D eigenvalue weighted by Gasteiger charge is -2.06. The number of benzene rings is 1. The minimum Gasteiger partial charge on any atom is -0.504 e. The van der Waals surface area contributed by atoms with Crippen LogP contribution >= 0.6 is 0 Å². The third-order valence-electron chi connectivity index (χ3n) is 1.81. The maximum absolute atomic E-state index is 10.4. The minimum atomic E-state index is -1.10. The SMILES string of the molecule is F.N[C@@H](Cc1ccc(O)c(O)c1)C(=O)O. The molecule has 0 amide bonds. The van der Waals surface area contributed by atoms with Gasteiger partial charge < -0.3 is 21.1 Å².